The lowest BCUT2D eigenvalue weighted by Crippen LogP contribution is -2.48. The average molecular weight is 530 g/mol. The van der Waals surface area contributed by atoms with Crippen molar-refractivity contribution in [3.63, 3.8) is 0 Å². The van der Waals surface area contributed by atoms with Crippen molar-refractivity contribution in [2.75, 3.05) is 4.90 Å². The normalized spacial score (nSPS) is 22.1. The van der Waals surface area contributed by atoms with E-state index in [0.717, 1.165) is 22.4 Å². The topological polar surface area (TPSA) is 54.5 Å². The first kappa shape index (κ1) is 23.8. The number of Topliss-reactive ketones (excluding diaryl/α,β-unsaturated/α-hetero) is 3. The van der Waals surface area contributed by atoms with E-state index in [2.05, 4.69) is 0 Å². The van der Waals surface area contributed by atoms with E-state index in [1.54, 1.807) is 36.4 Å². The summed E-state index contributed by atoms with van der Waals surface area (Å²) in [4.78, 5) is 45.8. The Balaban J connectivity index is 1.54. The molecule has 0 radical (unpaired) electrons. The van der Waals surface area contributed by atoms with Crippen molar-refractivity contribution in [3.05, 3.63) is 142 Å². The molecule has 0 N–H and O–H groups in total. The largest absolute Gasteiger partial charge is 0.352 e. The van der Waals surface area contributed by atoms with Crippen molar-refractivity contribution < 1.29 is 14.4 Å². The molecule has 4 aromatic rings. The van der Waals surface area contributed by atoms with E-state index in [0.29, 0.717) is 21.7 Å². The van der Waals surface area contributed by atoms with Gasteiger partial charge < -0.3 is 4.90 Å². The smallest absolute Gasteiger partial charge is 0.185 e. The maximum atomic E-state index is 14.6. The number of benzene rings is 4. The van der Waals surface area contributed by atoms with E-state index < -0.39 is 23.4 Å². The van der Waals surface area contributed by atoms with Crippen LogP contribution in [0.1, 0.15) is 53.7 Å². The molecule has 0 saturated carbocycles. The van der Waals surface area contributed by atoms with Crippen molar-refractivity contribution >= 4 is 40.7 Å². The molecule has 2 heterocycles. The Bertz CT molecular complexity index is 1670. The Morgan fingerprint density at radius 1 is 0.795 bits per heavy atom. The van der Waals surface area contributed by atoms with Gasteiger partial charge in [-0.1, -0.05) is 108 Å². The molecule has 1 spiro atoms. The molecule has 190 valence electrons. The molecule has 7 rings (SSSR count). The van der Waals surface area contributed by atoms with Crippen LogP contribution in [0.4, 0.5) is 5.69 Å². The number of rotatable bonds is 3. The molecule has 0 bridgehead atoms. The van der Waals surface area contributed by atoms with E-state index in [4.69, 9.17) is 11.6 Å². The van der Waals surface area contributed by atoms with Gasteiger partial charge in [-0.2, -0.15) is 0 Å². The maximum absolute atomic E-state index is 14.6. The zero-order valence-corrected chi connectivity index (χ0v) is 21.9. The van der Waals surface area contributed by atoms with Gasteiger partial charge in [-0.3, -0.25) is 14.4 Å². The third kappa shape index (κ3) is 3.22. The fraction of sp³-hybridized carbons (Fsp3) is 0.147. The van der Waals surface area contributed by atoms with Crippen molar-refractivity contribution in [1.29, 1.82) is 0 Å². The predicted molar refractivity (Wildman–Crippen MR) is 153 cm³/mol. The van der Waals surface area contributed by atoms with E-state index in [-0.39, 0.29) is 17.3 Å². The number of fused-ring (bicyclic) bond motifs is 5. The SMILES string of the molecule is Cc1ccc(C(=O)[C@H]2[C@H](c3ccc(Cl)cc3)C3(C(=O)c4ccccc4C3=O)[C@@H]3C=Cc4ccccc4N32)cc1. The number of halogens is 1. The Labute approximate surface area is 231 Å². The molecule has 5 heteroatoms. The first-order valence-electron chi connectivity index (χ1n) is 13.0. The van der Waals surface area contributed by atoms with E-state index in [1.807, 2.05) is 84.6 Å². The van der Waals surface area contributed by atoms with E-state index >= 15 is 0 Å². The van der Waals surface area contributed by atoms with Gasteiger partial charge in [0.25, 0.3) is 0 Å². The van der Waals surface area contributed by atoms with Crippen LogP contribution in [0.25, 0.3) is 6.08 Å². The molecule has 0 aromatic heterocycles. The van der Waals surface area contributed by atoms with Crippen molar-refractivity contribution in [2.45, 2.75) is 24.9 Å². The standard InChI is InChI=1S/C34H24ClNO3/c1-20-10-12-23(13-11-20)31(37)30-29(22-14-17-24(35)18-15-22)34(32(38)25-7-3-4-8-26(25)33(34)39)28-19-16-21-6-2-5-9-27(21)36(28)30/h2-19,28-30H,1H3/t28-,29-,30+/m0/s1. The molecular weight excluding hydrogens is 506 g/mol. The summed E-state index contributed by atoms with van der Waals surface area (Å²) < 4.78 is 0. The lowest BCUT2D eigenvalue weighted by molar-refractivity contribution is 0.0666. The first-order valence-corrected chi connectivity index (χ1v) is 13.4. The quantitative estimate of drug-likeness (QED) is 0.212. The molecule has 1 fully saturated rings. The minimum Gasteiger partial charge on any atom is -0.352 e. The lowest BCUT2D eigenvalue weighted by atomic mass is 9.64. The minimum atomic E-state index is -1.51. The monoisotopic (exact) mass is 529 g/mol. The summed E-state index contributed by atoms with van der Waals surface area (Å²) in [6, 6.07) is 28.1. The molecule has 3 atom stereocenters. The fourth-order valence-electron chi connectivity index (χ4n) is 6.85. The fourth-order valence-corrected chi connectivity index (χ4v) is 6.98. The van der Waals surface area contributed by atoms with Crippen molar-refractivity contribution in [1.82, 2.24) is 0 Å². The van der Waals surface area contributed by atoms with Crippen LogP contribution in [0.5, 0.6) is 0 Å². The van der Waals surface area contributed by atoms with Crippen molar-refractivity contribution in [2.24, 2.45) is 5.41 Å². The molecule has 4 nitrogen and oxygen atoms in total. The van der Waals surface area contributed by atoms with Gasteiger partial charge in [-0.05, 0) is 36.2 Å². The molecule has 2 aliphatic heterocycles. The highest BCUT2D eigenvalue weighted by molar-refractivity contribution is 6.32. The van der Waals surface area contributed by atoms with Gasteiger partial charge in [0.15, 0.2) is 17.3 Å². The number of hydrogen-bond donors (Lipinski definition) is 0. The number of para-hydroxylation sites is 1. The van der Waals surface area contributed by atoms with Gasteiger partial charge in [-0.25, -0.2) is 0 Å². The summed E-state index contributed by atoms with van der Waals surface area (Å²) in [6.45, 7) is 1.98. The molecule has 3 aliphatic rings. The molecular formula is C34H24ClNO3. The van der Waals surface area contributed by atoms with E-state index in [9.17, 15) is 14.4 Å². The number of anilines is 1. The number of carbonyl (C=O) groups is 3. The number of nitrogens with zero attached hydrogens (tertiary/aromatic N) is 1. The van der Waals surface area contributed by atoms with Gasteiger partial charge >= 0.3 is 0 Å². The van der Waals surface area contributed by atoms with Gasteiger partial charge in [0.2, 0.25) is 0 Å². The van der Waals surface area contributed by atoms with Gasteiger partial charge in [0.05, 0.1) is 6.04 Å². The lowest BCUT2D eigenvalue weighted by Gasteiger charge is -2.37. The van der Waals surface area contributed by atoms with Crippen LogP contribution in [-0.2, 0) is 0 Å². The number of carbonyl (C=O) groups excluding carboxylic acids is 3. The third-order valence-electron chi connectivity index (χ3n) is 8.55. The van der Waals surface area contributed by atoms with Crippen LogP contribution in [0, 0.1) is 12.3 Å². The van der Waals surface area contributed by atoms with Crippen LogP contribution in [0.15, 0.2) is 103 Å². The third-order valence-corrected chi connectivity index (χ3v) is 8.80. The average Bonchev–Trinajstić information content (AvgIpc) is 3.40. The van der Waals surface area contributed by atoms with Crippen LogP contribution in [0.2, 0.25) is 5.02 Å². The summed E-state index contributed by atoms with van der Waals surface area (Å²) >= 11 is 6.28. The van der Waals surface area contributed by atoms with E-state index in [1.165, 1.54) is 0 Å². The summed E-state index contributed by atoms with van der Waals surface area (Å²) in [5, 5.41) is 0.544. The first-order chi connectivity index (χ1) is 18.9. The second-order valence-electron chi connectivity index (χ2n) is 10.5. The van der Waals surface area contributed by atoms with Crippen LogP contribution >= 0.6 is 11.6 Å². The Kier molecular flexibility index (Phi) is 5.26. The van der Waals surface area contributed by atoms with Crippen LogP contribution < -0.4 is 4.90 Å². The van der Waals surface area contributed by atoms with Gasteiger partial charge in [0.1, 0.15) is 11.5 Å². The molecule has 39 heavy (non-hydrogen) atoms. The molecule has 1 saturated heterocycles. The maximum Gasteiger partial charge on any atom is 0.185 e. The number of aryl methyl sites for hydroxylation is 1. The Hall–Kier alpha value is -4.28. The summed E-state index contributed by atoms with van der Waals surface area (Å²) in [7, 11) is 0. The van der Waals surface area contributed by atoms with Crippen molar-refractivity contribution in [3.8, 4) is 0 Å². The summed E-state index contributed by atoms with van der Waals surface area (Å²) in [6.07, 6.45) is 3.91. The molecule has 1 aliphatic carbocycles. The van der Waals surface area contributed by atoms with Gasteiger partial charge in [0, 0.05) is 33.3 Å². The zero-order valence-electron chi connectivity index (χ0n) is 21.2. The second kappa shape index (κ2) is 8.62. The highest BCUT2D eigenvalue weighted by Gasteiger charge is 2.71. The summed E-state index contributed by atoms with van der Waals surface area (Å²) in [5.74, 6) is -1.34. The number of ketones is 3. The zero-order chi connectivity index (χ0) is 26.9. The second-order valence-corrected chi connectivity index (χ2v) is 11.0. The molecule has 4 aromatic carbocycles. The Morgan fingerprint density at radius 2 is 1.41 bits per heavy atom. The molecule has 0 amide bonds. The minimum absolute atomic E-state index is 0.126. The summed E-state index contributed by atoms with van der Waals surface area (Å²) in [5.41, 5.74) is 3.42. The van der Waals surface area contributed by atoms with Crippen LogP contribution in [0.3, 0.4) is 0 Å². The predicted octanol–water partition coefficient (Wildman–Crippen LogP) is 6.96. The highest BCUT2D eigenvalue weighted by Crippen LogP contribution is 2.61. The number of hydrogen-bond acceptors (Lipinski definition) is 4. The Morgan fingerprint density at radius 3 is 2.08 bits per heavy atom. The highest BCUT2D eigenvalue weighted by atomic mass is 35.5. The molecule has 0 unspecified atom stereocenters. The van der Waals surface area contributed by atoms with Gasteiger partial charge in [-0.15, -0.1) is 0 Å². The van der Waals surface area contributed by atoms with Crippen LogP contribution in [-0.4, -0.2) is 29.4 Å².